The first-order valence-electron chi connectivity index (χ1n) is 6.05. The van der Waals surface area contributed by atoms with E-state index in [1.165, 1.54) is 24.9 Å². The van der Waals surface area contributed by atoms with Crippen LogP contribution in [0.4, 0.5) is 10.1 Å². The van der Waals surface area contributed by atoms with Gasteiger partial charge in [-0.2, -0.15) is 0 Å². The highest BCUT2D eigenvalue weighted by Gasteiger charge is 2.12. The molecular formula is C14H16FN3OS. The smallest absolute Gasteiger partial charge is 0.192 e. The summed E-state index contributed by atoms with van der Waals surface area (Å²) in [6.45, 7) is 5.85. The van der Waals surface area contributed by atoms with Gasteiger partial charge in [-0.25, -0.2) is 14.4 Å². The van der Waals surface area contributed by atoms with Gasteiger partial charge in [0, 0.05) is 28.0 Å². The van der Waals surface area contributed by atoms with Gasteiger partial charge in [0.05, 0.1) is 7.11 Å². The average molecular weight is 293 g/mol. The number of benzene rings is 1. The number of nitrogens with two attached hydrogens (primary N) is 1. The van der Waals surface area contributed by atoms with Gasteiger partial charge in [-0.1, -0.05) is 0 Å². The standard InChI is InChI=1S/C14H16FN3OS/c1-7-8(2)17-14(18-9(7)3)20-13-6-12(19-4)10(15)5-11(13)16/h5-6H,16H2,1-4H3. The van der Waals surface area contributed by atoms with E-state index in [0.717, 1.165) is 17.0 Å². The molecule has 0 saturated carbocycles. The molecule has 2 rings (SSSR count). The quantitative estimate of drug-likeness (QED) is 0.695. The van der Waals surface area contributed by atoms with E-state index >= 15 is 0 Å². The predicted octanol–water partition coefficient (Wildman–Crippen LogP) is 3.28. The second-order valence-corrected chi connectivity index (χ2v) is 5.44. The van der Waals surface area contributed by atoms with Gasteiger partial charge in [-0.15, -0.1) is 0 Å². The first kappa shape index (κ1) is 14.6. The normalized spacial score (nSPS) is 10.7. The fraction of sp³-hybridized carbons (Fsp3) is 0.286. The van der Waals surface area contributed by atoms with E-state index in [9.17, 15) is 4.39 Å². The van der Waals surface area contributed by atoms with Crippen molar-refractivity contribution >= 4 is 17.4 Å². The van der Waals surface area contributed by atoms with E-state index in [1.54, 1.807) is 6.07 Å². The highest BCUT2D eigenvalue weighted by atomic mass is 32.2. The lowest BCUT2D eigenvalue weighted by Gasteiger charge is -2.10. The van der Waals surface area contributed by atoms with Crippen molar-refractivity contribution < 1.29 is 9.13 Å². The summed E-state index contributed by atoms with van der Waals surface area (Å²) >= 11 is 1.30. The van der Waals surface area contributed by atoms with E-state index in [0.29, 0.717) is 15.7 Å². The molecule has 0 aliphatic heterocycles. The van der Waals surface area contributed by atoms with Crippen LogP contribution in [0, 0.1) is 26.6 Å². The Hall–Kier alpha value is -1.82. The number of methoxy groups -OCH3 is 1. The second-order valence-electron chi connectivity index (χ2n) is 4.43. The third kappa shape index (κ3) is 2.85. The Morgan fingerprint density at radius 3 is 2.30 bits per heavy atom. The van der Waals surface area contributed by atoms with E-state index in [4.69, 9.17) is 10.5 Å². The summed E-state index contributed by atoms with van der Waals surface area (Å²) in [5.74, 6) is -0.325. The minimum Gasteiger partial charge on any atom is -0.494 e. The van der Waals surface area contributed by atoms with Gasteiger partial charge in [-0.05, 0) is 44.2 Å². The van der Waals surface area contributed by atoms with E-state index < -0.39 is 5.82 Å². The molecule has 0 fully saturated rings. The fourth-order valence-electron chi connectivity index (χ4n) is 1.68. The maximum Gasteiger partial charge on any atom is 0.192 e. The molecule has 0 amide bonds. The van der Waals surface area contributed by atoms with Gasteiger partial charge in [0.15, 0.2) is 16.7 Å². The van der Waals surface area contributed by atoms with Crippen LogP contribution in [0.25, 0.3) is 0 Å². The number of rotatable bonds is 3. The number of aromatic nitrogens is 2. The van der Waals surface area contributed by atoms with Crippen molar-refractivity contribution in [1.82, 2.24) is 9.97 Å². The minimum atomic E-state index is -0.480. The molecule has 106 valence electrons. The monoisotopic (exact) mass is 293 g/mol. The number of aryl methyl sites for hydroxylation is 2. The summed E-state index contributed by atoms with van der Waals surface area (Å²) in [6, 6.07) is 2.80. The maximum atomic E-state index is 13.5. The van der Waals surface area contributed by atoms with Crippen molar-refractivity contribution in [1.29, 1.82) is 0 Å². The molecule has 0 spiro atoms. The van der Waals surface area contributed by atoms with Crippen molar-refractivity contribution in [2.45, 2.75) is 30.8 Å². The third-order valence-electron chi connectivity index (χ3n) is 3.10. The lowest BCUT2D eigenvalue weighted by atomic mass is 10.2. The van der Waals surface area contributed by atoms with Gasteiger partial charge < -0.3 is 10.5 Å². The summed E-state index contributed by atoms with van der Waals surface area (Å²) in [5, 5.41) is 0.589. The second kappa shape index (κ2) is 5.66. The molecule has 1 aromatic carbocycles. The molecule has 1 aromatic heterocycles. The number of hydrogen-bond acceptors (Lipinski definition) is 5. The topological polar surface area (TPSA) is 61.0 Å². The van der Waals surface area contributed by atoms with E-state index in [2.05, 4.69) is 9.97 Å². The molecule has 4 nitrogen and oxygen atoms in total. The number of hydrogen-bond donors (Lipinski definition) is 1. The van der Waals surface area contributed by atoms with Crippen LogP contribution < -0.4 is 10.5 Å². The molecule has 0 radical (unpaired) electrons. The number of halogens is 1. The van der Waals surface area contributed by atoms with E-state index in [-0.39, 0.29) is 5.75 Å². The molecule has 0 unspecified atom stereocenters. The zero-order valence-corrected chi connectivity index (χ0v) is 12.6. The van der Waals surface area contributed by atoms with Gasteiger partial charge in [0.2, 0.25) is 0 Å². The van der Waals surface area contributed by atoms with Crippen LogP contribution in [0.5, 0.6) is 5.75 Å². The van der Waals surface area contributed by atoms with Crippen molar-refractivity contribution in [3.8, 4) is 5.75 Å². The molecule has 2 aromatic rings. The number of nitrogen functional groups attached to an aromatic ring is 1. The zero-order valence-electron chi connectivity index (χ0n) is 11.8. The highest BCUT2D eigenvalue weighted by Crippen LogP contribution is 2.34. The number of ether oxygens (including phenoxy) is 1. The van der Waals surface area contributed by atoms with Crippen LogP contribution in [0.1, 0.15) is 17.0 Å². The summed E-state index contributed by atoms with van der Waals surface area (Å²) in [6.07, 6.45) is 0. The Labute approximate surface area is 121 Å². The molecule has 20 heavy (non-hydrogen) atoms. The zero-order chi connectivity index (χ0) is 14.9. The third-order valence-corrected chi connectivity index (χ3v) is 4.04. The lowest BCUT2D eigenvalue weighted by Crippen LogP contribution is -1.99. The van der Waals surface area contributed by atoms with Crippen LogP contribution >= 0.6 is 11.8 Å². The van der Waals surface area contributed by atoms with Crippen LogP contribution in [-0.2, 0) is 0 Å². The molecule has 0 bridgehead atoms. The summed E-state index contributed by atoms with van der Waals surface area (Å²) in [5.41, 5.74) is 9.08. The molecule has 1 heterocycles. The Bertz CT molecular complexity index is 638. The van der Waals surface area contributed by atoms with Crippen LogP contribution in [-0.4, -0.2) is 17.1 Å². The van der Waals surface area contributed by atoms with Crippen LogP contribution in [0.15, 0.2) is 22.2 Å². The minimum absolute atomic E-state index is 0.155. The molecule has 0 aliphatic carbocycles. The number of anilines is 1. The molecule has 0 atom stereocenters. The highest BCUT2D eigenvalue weighted by molar-refractivity contribution is 7.99. The molecule has 6 heteroatoms. The van der Waals surface area contributed by atoms with E-state index in [1.807, 2.05) is 20.8 Å². The van der Waals surface area contributed by atoms with Crippen LogP contribution in [0.2, 0.25) is 0 Å². The average Bonchev–Trinajstić information content (AvgIpc) is 2.39. The first-order valence-corrected chi connectivity index (χ1v) is 6.86. The molecule has 0 aliphatic rings. The molecule has 0 saturated heterocycles. The van der Waals surface area contributed by atoms with Gasteiger partial charge in [0.25, 0.3) is 0 Å². The van der Waals surface area contributed by atoms with Crippen LogP contribution in [0.3, 0.4) is 0 Å². The fourth-order valence-corrected chi connectivity index (χ4v) is 2.58. The Morgan fingerprint density at radius 1 is 1.15 bits per heavy atom. The molecular weight excluding hydrogens is 277 g/mol. The summed E-state index contributed by atoms with van der Waals surface area (Å²) in [7, 11) is 1.42. The Balaban J connectivity index is 2.39. The largest absolute Gasteiger partial charge is 0.494 e. The maximum absolute atomic E-state index is 13.5. The van der Waals surface area contributed by atoms with Crippen molar-refractivity contribution in [3.05, 3.63) is 34.9 Å². The van der Waals surface area contributed by atoms with Gasteiger partial charge >= 0.3 is 0 Å². The molecule has 2 N–H and O–H groups in total. The van der Waals surface area contributed by atoms with Crippen molar-refractivity contribution in [2.24, 2.45) is 0 Å². The summed E-state index contributed by atoms with van der Waals surface area (Å²) < 4.78 is 18.5. The van der Waals surface area contributed by atoms with Crippen molar-refractivity contribution in [2.75, 3.05) is 12.8 Å². The summed E-state index contributed by atoms with van der Waals surface area (Å²) in [4.78, 5) is 9.49. The van der Waals surface area contributed by atoms with Gasteiger partial charge in [-0.3, -0.25) is 0 Å². The predicted molar refractivity (Wildman–Crippen MR) is 77.7 cm³/mol. The Kier molecular flexibility index (Phi) is 4.13. The van der Waals surface area contributed by atoms with Crippen molar-refractivity contribution in [3.63, 3.8) is 0 Å². The number of nitrogens with zero attached hydrogens (tertiary/aromatic N) is 2. The Morgan fingerprint density at radius 2 is 1.75 bits per heavy atom. The first-order chi connectivity index (χ1) is 9.42. The SMILES string of the molecule is COc1cc(Sc2nc(C)c(C)c(C)n2)c(N)cc1F. The van der Waals surface area contributed by atoms with Gasteiger partial charge in [0.1, 0.15) is 0 Å². The lowest BCUT2D eigenvalue weighted by molar-refractivity contribution is 0.385.